The summed E-state index contributed by atoms with van der Waals surface area (Å²) in [5, 5.41) is 0.504. The molecule has 0 saturated heterocycles. The van der Waals surface area contributed by atoms with Gasteiger partial charge in [-0.05, 0) is 37.1 Å². The number of aryl methyl sites for hydroxylation is 1. The van der Waals surface area contributed by atoms with Gasteiger partial charge in [-0.1, -0.05) is 30.3 Å². The van der Waals surface area contributed by atoms with E-state index in [4.69, 9.17) is 4.74 Å². The highest BCUT2D eigenvalue weighted by Gasteiger charge is 2.30. The van der Waals surface area contributed by atoms with Gasteiger partial charge in [0, 0.05) is 18.2 Å². The number of fused-ring (bicyclic) bond motifs is 2. The maximum absolute atomic E-state index is 12.6. The molecule has 0 spiro atoms. The highest BCUT2D eigenvalue weighted by molar-refractivity contribution is 5.97. The van der Waals surface area contributed by atoms with Crippen molar-refractivity contribution in [2.45, 2.75) is 32.2 Å². The zero-order valence-corrected chi connectivity index (χ0v) is 16.1. The molecule has 1 aliphatic heterocycles. The standard InChI is InChI=1S/C22H21N3O4/c1-14-12-15-6-2-5-9-18(15)25(14)20(26)13-29-21(27)11-10-19-23-17-8-4-3-7-16(17)22(28)24-19/h2-9,14H,10-13H2,1H3,(H,23,24,28)/t14-/m1/s1. The van der Waals surface area contributed by atoms with Crippen LogP contribution in [0.1, 0.15) is 24.7 Å². The first-order valence-corrected chi connectivity index (χ1v) is 9.56. The minimum atomic E-state index is -0.505. The van der Waals surface area contributed by atoms with Gasteiger partial charge in [-0.3, -0.25) is 14.4 Å². The van der Waals surface area contributed by atoms with Gasteiger partial charge in [-0.2, -0.15) is 0 Å². The van der Waals surface area contributed by atoms with Crippen LogP contribution >= 0.6 is 0 Å². The van der Waals surface area contributed by atoms with E-state index in [0.717, 1.165) is 17.7 Å². The molecule has 1 aromatic heterocycles. The molecule has 0 radical (unpaired) electrons. The number of rotatable bonds is 5. The van der Waals surface area contributed by atoms with Crippen LogP contribution in [-0.2, 0) is 27.2 Å². The lowest BCUT2D eigenvalue weighted by molar-refractivity contribution is -0.147. The van der Waals surface area contributed by atoms with Crippen LogP contribution in [0.2, 0.25) is 0 Å². The maximum Gasteiger partial charge on any atom is 0.306 e. The van der Waals surface area contributed by atoms with E-state index in [1.165, 1.54) is 0 Å². The molecule has 1 N–H and O–H groups in total. The molecule has 1 amide bonds. The molecular weight excluding hydrogens is 370 g/mol. The van der Waals surface area contributed by atoms with E-state index in [-0.39, 0.29) is 37.0 Å². The molecule has 0 bridgehead atoms. The summed E-state index contributed by atoms with van der Waals surface area (Å²) in [5.41, 5.74) is 2.33. The van der Waals surface area contributed by atoms with E-state index in [1.54, 1.807) is 29.2 Å². The number of anilines is 1. The average Bonchev–Trinajstić information content (AvgIpc) is 3.06. The third kappa shape index (κ3) is 3.89. The Morgan fingerprint density at radius 3 is 2.79 bits per heavy atom. The zero-order valence-electron chi connectivity index (χ0n) is 16.1. The Hall–Kier alpha value is -3.48. The fourth-order valence-electron chi connectivity index (χ4n) is 3.70. The van der Waals surface area contributed by atoms with Crippen molar-refractivity contribution in [2.75, 3.05) is 11.5 Å². The Morgan fingerprint density at radius 2 is 1.93 bits per heavy atom. The monoisotopic (exact) mass is 391 g/mol. The average molecular weight is 391 g/mol. The van der Waals surface area contributed by atoms with Crippen LogP contribution in [0.3, 0.4) is 0 Å². The molecule has 29 heavy (non-hydrogen) atoms. The van der Waals surface area contributed by atoms with Crippen LogP contribution in [0.4, 0.5) is 5.69 Å². The number of nitrogens with one attached hydrogen (secondary N) is 1. The highest BCUT2D eigenvalue weighted by atomic mass is 16.5. The number of benzene rings is 2. The molecule has 2 aromatic carbocycles. The Bertz CT molecular complexity index is 1140. The third-order valence-electron chi connectivity index (χ3n) is 5.06. The number of H-pyrrole nitrogens is 1. The van der Waals surface area contributed by atoms with Crippen LogP contribution in [0.5, 0.6) is 0 Å². The fourth-order valence-corrected chi connectivity index (χ4v) is 3.70. The topological polar surface area (TPSA) is 92.4 Å². The van der Waals surface area contributed by atoms with Gasteiger partial charge in [0.25, 0.3) is 11.5 Å². The Kier molecular flexibility index (Phi) is 5.12. The quantitative estimate of drug-likeness (QED) is 0.674. The first-order valence-electron chi connectivity index (χ1n) is 9.56. The Balaban J connectivity index is 1.34. The number of carbonyl (C=O) groups excluding carboxylic acids is 2. The number of hydrogen-bond acceptors (Lipinski definition) is 5. The van der Waals surface area contributed by atoms with E-state index in [1.807, 2.05) is 31.2 Å². The summed E-state index contributed by atoms with van der Waals surface area (Å²) >= 11 is 0. The first-order chi connectivity index (χ1) is 14.0. The molecule has 0 saturated carbocycles. The summed E-state index contributed by atoms with van der Waals surface area (Å²) in [5.74, 6) is -0.332. The third-order valence-corrected chi connectivity index (χ3v) is 5.06. The van der Waals surface area contributed by atoms with Crippen molar-refractivity contribution < 1.29 is 14.3 Å². The zero-order chi connectivity index (χ0) is 20.4. The number of carbonyl (C=O) groups is 2. The summed E-state index contributed by atoms with van der Waals surface area (Å²) in [4.78, 5) is 45.5. The van der Waals surface area contributed by atoms with E-state index >= 15 is 0 Å². The van der Waals surface area contributed by atoms with E-state index in [9.17, 15) is 14.4 Å². The van der Waals surface area contributed by atoms with Crippen molar-refractivity contribution in [3.63, 3.8) is 0 Å². The van der Waals surface area contributed by atoms with Gasteiger partial charge in [-0.15, -0.1) is 0 Å². The van der Waals surface area contributed by atoms with Gasteiger partial charge >= 0.3 is 5.97 Å². The second-order valence-electron chi connectivity index (χ2n) is 7.14. The summed E-state index contributed by atoms with van der Waals surface area (Å²) in [6.07, 6.45) is 1.05. The maximum atomic E-state index is 12.6. The number of esters is 1. The molecule has 0 unspecified atom stereocenters. The van der Waals surface area contributed by atoms with Crippen molar-refractivity contribution in [1.82, 2.24) is 9.97 Å². The van der Waals surface area contributed by atoms with E-state index in [0.29, 0.717) is 16.7 Å². The van der Waals surface area contributed by atoms with Gasteiger partial charge in [0.15, 0.2) is 6.61 Å². The van der Waals surface area contributed by atoms with Gasteiger partial charge in [-0.25, -0.2) is 4.98 Å². The summed E-state index contributed by atoms with van der Waals surface area (Å²) in [6.45, 7) is 1.67. The second kappa shape index (κ2) is 7.87. The number of nitrogens with zero attached hydrogens (tertiary/aromatic N) is 2. The van der Waals surface area contributed by atoms with Crippen LogP contribution in [0.15, 0.2) is 53.3 Å². The molecule has 7 nitrogen and oxygen atoms in total. The van der Waals surface area contributed by atoms with Gasteiger partial charge in [0.05, 0.1) is 17.3 Å². The predicted molar refractivity (Wildman–Crippen MR) is 109 cm³/mol. The van der Waals surface area contributed by atoms with Gasteiger partial charge in [0.1, 0.15) is 5.82 Å². The molecule has 4 rings (SSSR count). The molecule has 0 fully saturated rings. The second-order valence-corrected chi connectivity index (χ2v) is 7.14. The minimum Gasteiger partial charge on any atom is -0.456 e. The van der Waals surface area contributed by atoms with Crippen LogP contribution in [-0.4, -0.2) is 34.5 Å². The van der Waals surface area contributed by atoms with Crippen molar-refractivity contribution in [1.29, 1.82) is 0 Å². The van der Waals surface area contributed by atoms with Crippen molar-refractivity contribution in [2.24, 2.45) is 0 Å². The first kappa shape index (κ1) is 18.9. The summed E-state index contributed by atoms with van der Waals surface area (Å²) in [7, 11) is 0. The van der Waals surface area contributed by atoms with Gasteiger partial charge in [0.2, 0.25) is 0 Å². The lowest BCUT2D eigenvalue weighted by Crippen LogP contribution is -2.38. The minimum absolute atomic E-state index is 0.0285. The fraction of sp³-hybridized carbons (Fsp3) is 0.273. The normalized spacial score (nSPS) is 15.3. The molecule has 2 heterocycles. The number of aromatic nitrogens is 2. The lowest BCUT2D eigenvalue weighted by atomic mass is 10.1. The molecule has 1 aliphatic rings. The number of para-hydroxylation sites is 2. The molecule has 7 heteroatoms. The lowest BCUT2D eigenvalue weighted by Gasteiger charge is -2.22. The summed E-state index contributed by atoms with van der Waals surface area (Å²) in [6, 6.07) is 14.8. The smallest absolute Gasteiger partial charge is 0.306 e. The van der Waals surface area contributed by atoms with Crippen molar-refractivity contribution >= 4 is 28.5 Å². The number of ether oxygens (including phenoxy) is 1. The van der Waals surface area contributed by atoms with Crippen molar-refractivity contribution in [3.8, 4) is 0 Å². The molecule has 148 valence electrons. The van der Waals surface area contributed by atoms with Crippen LogP contribution < -0.4 is 10.5 Å². The Labute approximate surface area is 167 Å². The SMILES string of the molecule is C[C@@H]1Cc2ccccc2N1C(=O)COC(=O)CCc1nc2ccccc2c(=O)[nH]1. The molecule has 1 atom stereocenters. The number of aromatic amines is 1. The number of hydrogen-bond donors (Lipinski definition) is 1. The van der Waals surface area contributed by atoms with E-state index in [2.05, 4.69) is 9.97 Å². The van der Waals surface area contributed by atoms with Crippen molar-refractivity contribution in [3.05, 3.63) is 70.3 Å². The molecular formula is C22H21N3O4. The largest absolute Gasteiger partial charge is 0.456 e. The summed E-state index contributed by atoms with van der Waals surface area (Å²) < 4.78 is 5.17. The van der Waals surface area contributed by atoms with Crippen LogP contribution in [0, 0.1) is 0 Å². The van der Waals surface area contributed by atoms with E-state index < -0.39 is 5.97 Å². The van der Waals surface area contributed by atoms with Gasteiger partial charge < -0.3 is 14.6 Å². The highest BCUT2D eigenvalue weighted by Crippen LogP contribution is 2.31. The molecule has 3 aromatic rings. The van der Waals surface area contributed by atoms with Crippen LogP contribution in [0.25, 0.3) is 10.9 Å². The predicted octanol–water partition coefficient (Wildman–Crippen LogP) is 2.38. The molecule has 0 aliphatic carbocycles. The Morgan fingerprint density at radius 1 is 1.17 bits per heavy atom. The number of amides is 1.